The maximum Gasteiger partial charge on any atom is 0.165 e. The fraction of sp³-hybridized carbons (Fsp3) is 0.500. The number of ether oxygens (including phenoxy) is 1. The Hall–Kier alpha value is -1.09. The molecule has 1 aliphatic rings. The number of benzene rings is 1. The molecule has 2 rings (SSSR count). The average Bonchev–Trinajstić information content (AvgIpc) is 3.01. The maximum atomic E-state index is 13.4. The third kappa shape index (κ3) is 2.48. The Morgan fingerprint density at radius 1 is 1.47 bits per heavy atom. The molecule has 15 heavy (non-hydrogen) atoms. The summed E-state index contributed by atoms with van der Waals surface area (Å²) < 4.78 is 18.3. The molecule has 0 aliphatic heterocycles. The highest BCUT2D eigenvalue weighted by Crippen LogP contribution is 2.26. The molecule has 0 amide bonds. The summed E-state index contributed by atoms with van der Waals surface area (Å²) in [5.41, 5.74) is 0.972. The fourth-order valence-corrected chi connectivity index (χ4v) is 1.65. The third-order valence-electron chi connectivity index (χ3n) is 2.74. The van der Waals surface area contributed by atoms with Gasteiger partial charge in [0.15, 0.2) is 11.6 Å². The van der Waals surface area contributed by atoms with Gasteiger partial charge in [-0.05, 0) is 37.5 Å². The van der Waals surface area contributed by atoms with Crippen LogP contribution in [0.15, 0.2) is 18.2 Å². The predicted molar refractivity (Wildman–Crippen MR) is 57.5 cm³/mol. The Bertz CT molecular complexity index is 349. The lowest BCUT2D eigenvalue weighted by Crippen LogP contribution is -2.20. The van der Waals surface area contributed by atoms with Crippen LogP contribution >= 0.6 is 0 Å². The van der Waals surface area contributed by atoms with E-state index in [0.29, 0.717) is 11.8 Å². The van der Waals surface area contributed by atoms with Crippen molar-refractivity contribution in [3.05, 3.63) is 29.6 Å². The molecular weight excluding hydrogens is 193 g/mol. The van der Waals surface area contributed by atoms with Gasteiger partial charge in [-0.1, -0.05) is 6.07 Å². The molecule has 82 valence electrons. The standard InChI is InChI=1S/C12H16FNO/c1-8(14-10-4-5-10)9-3-6-12(15-2)11(13)7-9/h3,6-8,10,14H,4-5H2,1-2H3/t8-/m1/s1. The Morgan fingerprint density at radius 3 is 2.73 bits per heavy atom. The van der Waals surface area contributed by atoms with E-state index in [4.69, 9.17) is 4.74 Å². The monoisotopic (exact) mass is 209 g/mol. The Balaban J connectivity index is 2.09. The first-order valence-corrected chi connectivity index (χ1v) is 5.30. The Labute approximate surface area is 89.4 Å². The first-order valence-electron chi connectivity index (χ1n) is 5.30. The lowest BCUT2D eigenvalue weighted by molar-refractivity contribution is 0.385. The summed E-state index contributed by atoms with van der Waals surface area (Å²) in [4.78, 5) is 0. The number of rotatable bonds is 4. The van der Waals surface area contributed by atoms with Gasteiger partial charge in [0, 0.05) is 12.1 Å². The minimum Gasteiger partial charge on any atom is -0.494 e. The molecule has 1 saturated carbocycles. The Morgan fingerprint density at radius 2 is 2.20 bits per heavy atom. The molecular formula is C12H16FNO. The molecule has 0 bridgehead atoms. The molecule has 0 saturated heterocycles. The molecule has 1 aliphatic carbocycles. The molecule has 0 unspecified atom stereocenters. The van der Waals surface area contributed by atoms with Crippen molar-refractivity contribution in [3.8, 4) is 5.75 Å². The summed E-state index contributed by atoms with van der Waals surface area (Å²) in [5.74, 6) is 0.0109. The van der Waals surface area contributed by atoms with E-state index in [-0.39, 0.29) is 11.9 Å². The smallest absolute Gasteiger partial charge is 0.165 e. The predicted octanol–water partition coefficient (Wildman–Crippen LogP) is 2.65. The van der Waals surface area contributed by atoms with Crippen LogP contribution in [0.3, 0.4) is 0 Å². The number of halogens is 1. The Kier molecular flexibility index (Phi) is 2.91. The van der Waals surface area contributed by atoms with Crippen LogP contribution in [0.25, 0.3) is 0 Å². The van der Waals surface area contributed by atoms with Gasteiger partial charge in [-0.3, -0.25) is 0 Å². The van der Waals surface area contributed by atoms with Crippen LogP contribution in [0.2, 0.25) is 0 Å². The topological polar surface area (TPSA) is 21.3 Å². The SMILES string of the molecule is COc1ccc([C@@H](C)NC2CC2)cc1F. The zero-order valence-corrected chi connectivity index (χ0v) is 9.09. The highest BCUT2D eigenvalue weighted by Gasteiger charge is 2.23. The van der Waals surface area contributed by atoms with E-state index in [9.17, 15) is 4.39 Å². The summed E-state index contributed by atoms with van der Waals surface area (Å²) in [6.45, 7) is 2.06. The van der Waals surface area contributed by atoms with Gasteiger partial charge >= 0.3 is 0 Å². The van der Waals surface area contributed by atoms with Crippen LogP contribution in [-0.4, -0.2) is 13.2 Å². The van der Waals surface area contributed by atoms with Gasteiger partial charge in [-0.25, -0.2) is 4.39 Å². The first-order chi connectivity index (χ1) is 7.20. The van der Waals surface area contributed by atoms with E-state index in [1.54, 1.807) is 12.1 Å². The van der Waals surface area contributed by atoms with Gasteiger partial charge in [0.1, 0.15) is 0 Å². The van der Waals surface area contributed by atoms with Crippen LogP contribution in [0.4, 0.5) is 4.39 Å². The number of hydrogen-bond donors (Lipinski definition) is 1. The molecule has 2 nitrogen and oxygen atoms in total. The maximum absolute atomic E-state index is 13.4. The molecule has 0 aromatic heterocycles. The third-order valence-corrected chi connectivity index (χ3v) is 2.74. The van der Waals surface area contributed by atoms with E-state index >= 15 is 0 Å². The molecule has 3 heteroatoms. The van der Waals surface area contributed by atoms with Crippen molar-refractivity contribution >= 4 is 0 Å². The van der Waals surface area contributed by atoms with Gasteiger partial charge in [0.25, 0.3) is 0 Å². The minimum atomic E-state index is -0.292. The highest BCUT2D eigenvalue weighted by molar-refractivity contribution is 5.30. The molecule has 1 atom stereocenters. The number of nitrogens with one attached hydrogen (secondary N) is 1. The van der Waals surface area contributed by atoms with Crippen LogP contribution in [0.1, 0.15) is 31.4 Å². The second-order valence-electron chi connectivity index (χ2n) is 4.06. The van der Waals surface area contributed by atoms with Crippen LogP contribution in [0.5, 0.6) is 5.75 Å². The lowest BCUT2D eigenvalue weighted by Gasteiger charge is -2.14. The first kappa shape index (κ1) is 10.4. The van der Waals surface area contributed by atoms with Crippen molar-refractivity contribution in [3.63, 3.8) is 0 Å². The van der Waals surface area contributed by atoms with Crippen molar-refractivity contribution in [1.82, 2.24) is 5.32 Å². The fourth-order valence-electron chi connectivity index (χ4n) is 1.65. The molecule has 0 heterocycles. The molecule has 1 aromatic carbocycles. The van der Waals surface area contributed by atoms with Gasteiger partial charge < -0.3 is 10.1 Å². The molecule has 1 N–H and O–H groups in total. The van der Waals surface area contributed by atoms with Gasteiger partial charge in [0.05, 0.1) is 7.11 Å². The quantitative estimate of drug-likeness (QED) is 0.823. The van der Waals surface area contributed by atoms with E-state index in [0.717, 1.165) is 5.56 Å². The normalized spacial score (nSPS) is 17.5. The van der Waals surface area contributed by atoms with E-state index in [1.807, 2.05) is 6.07 Å². The second kappa shape index (κ2) is 4.19. The van der Waals surface area contributed by atoms with Crippen molar-refractivity contribution in [2.45, 2.75) is 31.8 Å². The van der Waals surface area contributed by atoms with Crippen molar-refractivity contribution in [2.75, 3.05) is 7.11 Å². The van der Waals surface area contributed by atoms with Crippen molar-refractivity contribution in [1.29, 1.82) is 0 Å². The number of methoxy groups -OCH3 is 1. The minimum absolute atomic E-state index is 0.206. The molecule has 1 aromatic rings. The summed E-state index contributed by atoms with van der Waals surface area (Å²) in [6.07, 6.45) is 2.48. The van der Waals surface area contributed by atoms with Crippen LogP contribution < -0.4 is 10.1 Å². The van der Waals surface area contributed by atoms with E-state index < -0.39 is 0 Å². The van der Waals surface area contributed by atoms with Crippen LogP contribution in [-0.2, 0) is 0 Å². The van der Waals surface area contributed by atoms with Gasteiger partial charge in [-0.15, -0.1) is 0 Å². The van der Waals surface area contributed by atoms with E-state index in [1.165, 1.54) is 20.0 Å². The molecule has 1 fully saturated rings. The van der Waals surface area contributed by atoms with Crippen LogP contribution in [0, 0.1) is 5.82 Å². The zero-order valence-electron chi connectivity index (χ0n) is 9.09. The largest absolute Gasteiger partial charge is 0.494 e. The summed E-state index contributed by atoms with van der Waals surface area (Å²) >= 11 is 0. The van der Waals surface area contributed by atoms with Gasteiger partial charge in [0.2, 0.25) is 0 Å². The second-order valence-corrected chi connectivity index (χ2v) is 4.06. The zero-order chi connectivity index (χ0) is 10.8. The van der Waals surface area contributed by atoms with Crippen molar-refractivity contribution < 1.29 is 9.13 Å². The lowest BCUT2D eigenvalue weighted by atomic mass is 10.1. The van der Waals surface area contributed by atoms with E-state index in [2.05, 4.69) is 12.2 Å². The molecule has 0 spiro atoms. The summed E-state index contributed by atoms with van der Waals surface area (Å²) in [7, 11) is 1.48. The van der Waals surface area contributed by atoms with Crippen molar-refractivity contribution in [2.24, 2.45) is 0 Å². The average molecular weight is 209 g/mol. The number of hydrogen-bond acceptors (Lipinski definition) is 2. The van der Waals surface area contributed by atoms with Gasteiger partial charge in [-0.2, -0.15) is 0 Å². The highest BCUT2D eigenvalue weighted by atomic mass is 19.1. The summed E-state index contributed by atoms with van der Waals surface area (Å²) in [5, 5.41) is 3.43. The summed E-state index contributed by atoms with van der Waals surface area (Å²) in [6, 6.07) is 5.96. The molecule has 0 radical (unpaired) electrons.